The Morgan fingerprint density at radius 2 is 1.79 bits per heavy atom. The summed E-state index contributed by atoms with van der Waals surface area (Å²) in [5.74, 6) is -1.45. The number of nitrogens with one attached hydrogen (secondary N) is 2. The quantitative estimate of drug-likeness (QED) is 0.662. The molecule has 0 saturated heterocycles. The summed E-state index contributed by atoms with van der Waals surface area (Å²) < 4.78 is 10.4. The van der Waals surface area contributed by atoms with Gasteiger partial charge in [-0.3, -0.25) is 14.4 Å². The lowest BCUT2D eigenvalue weighted by molar-refractivity contribution is -0.152. The standard InChI is InChI=1S/C21H21N3O5/c1-3-28-18-11-7-5-9-16(18)21(27)23-13-19(25)29-14(2)20(26)24-17-10-6-4-8-15(17)12-22/h4-11,14H,3,13H2,1-2H3,(H,23,27)(H,24,26)/t14-/m0/s1. The minimum atomic E-state index is -1.11. The molecule has 0 saturated carbocycles. The summed E-state index contributed by atoms with van der Waals surface area (Å²) in [6, 6.07) is 15.1. The van der Waals surface area contributed by atoms with Crippen LogP contribution in [-0.2, 0) is 14.3 Å². The van der Waals surface area contributed by atoms with E-state index in [1.54, 1.807) is 55.5 Å². The fraction of sp³-hybridized carbons (Fsp3) is 0.238. The van der Waals surface area contributed by atoms with Crippen LogP contribution in [0.25, 0.3) is 0 Å². The van der Waals surface area contributed by atoms with Crippen LogP contribution in [-0.4, -0.2) is 37.0 Å². The van der Waals surface area contributed by atoms with Gasteiger partial charge in [0.05, 0.1) is 23.4 Å². The third kappa shape index (κ3) is 6.07. The molecule has 150 valence electrons. The molecule has 2 N–H and O–H groups in total. The van der Waals surface area contributed by atoms with E-state index in [-0.39, 0.29) is 0 Å². The van der Waals surface area contributed by atoms with Crippen molar-refractivity contribution in [2.75, 3.05) is 18.5 Å². The summed E-state index contributed by atoms with van der Waals surface area (Å²) >= 11 is 0. The molecular weight excluding hydrogens is 374 g/mol. The number of esters is 1. The van der Waals surface area contributed by atoms with Crippen molar-refractivity contribution in [2.24, 2.45) is 0 Å². The Morgan fingerprint density at radius 1 is 1.10 bits per heavy atom. The SMILES string of the molecule is CCOc1ccccc1C(=O)NCC(=O)O[C@@H](C)C(=O)Nc1ccccc1C#N. The molecule has 2 aromatic carbocycles. The number of hydrogen-bond donors (Lipinski definition) is 2. The molecular formula is C21H21N3O5. The van der Waals surface area contributed by atoms with E-state index in [1.807, 2.05) is 6.07 Å². The van der Waals surface area contributed by atoms with E-state index < -0.39 is 30.4 Å². The van der Waals surface area contributed by atoms with E-state index >= 15 is 0 Å². The summed E-state index contributed by atoms with van der Waals surface area (Å²) in [6.45, 7) is 3.18. The first-order valence-electron chi connectivity index (χ1n) is 8.95. The number of para-hydroxylation sites is 2. The highest BCUT2D eigenvalue weighted by Crippen LogP contribution is 2.17. The van der Waals surface area contributed by atoms with Gasteiger partial charge in [-0.1, -0.05) is 24.3 Å². The van der Waals surface area contributed by atoms with E-state index in [4.69, 9.17) is 14.7 Å². The molecule has 1 atom stereocenters. The van der Waals surface area contributed by atoms with Crippen molar-refractivity contribution >= 4 is 23.5 Å². The Bertz CT molecular complexity index is 936. The van der Waals surface area contributed by atoms with Crippen molar-refractivity contribution in [3.63, 3.8) is 0 Å². The highest BCUT2D eigenvalue weighted by molar-refractivity contribution is 5.99. The van der Waals surface area contributed by atoms with E-state index in [0.717, 1.165) is 0 Å². The summed E-state index contributed by atoms with van der Waals surface area (Å²) in [7, 11) is 0. The molecule has 0 fully saturated rings. The number of hydrogen-bond acceptors (Lipinski definition) is 6. The van der Waals surface area contributed by atoms with Crippen LogP contribution in [0.5, 0.6) is 5.75 Å². The smallest absolute Gasteiger partial charge is 0.326 e. The van der Waals surface area contributed by atoms with Crippen molar-refractivity contribution in [1.82, 2.24) is 5.32 Å². The third-order valence-corrected chi connectivity index (χ3v) is 3.81. The molecule has 0 bridgehead atoms. The zero-order valence-corrected chi connectivity index (χ0v) is 16.1. The Labute approximate surface area is 168 Å². The second kappa shape index (κ2) is 10.5. The van der Waals surface area contributed by atoms with Crippen LogP contribution in [0.15, 0.2) is 48.5 Å². The number of benzene rings is 2. The number of nitriles is 1. The molecule has 0 radical (unpaired) electrons. The average Bonchev–Trinajstić information content (AvgIpc) is 2.73. The fourth-order valence-corrected chi connectivity index (χ4v) is 2.40. The lowest BCUT2D eigenvalue weighted by Gasteiger charge is -2.15. The molecule has 2 amide bonds. The van der Waals surface area contributed by atoms with E-state index in [9.17, 15) is 14.4 Å². The summed E-state index contributed by atoms with van der Waals surface area (Å²) in [5, 5.41) is 14.0. The molecule has 0 aliphatic heterocycles. The summed E-state index contributed by atoms with van der Waals surface area (Å²) in [5.41, 5.74) is 0.907. The molecule has 0 aromatic heterocycles. The molecule has 0 spiro atoms. The maximum absolute atomic E-state index is 12.3. The van der Waals surface area contributed by atoms with Crippen LogP contribution in [0, 0.1) is 11.3 Å². The van der Waals surface area contributed by atoms with E-state index in [1.165, 1.54) is 6.92 Å². The number of carbonyl (C=O) groups excluding carboxylic acids is 3. The first kappa shape index (κ1) is 21.4. The normalized spacial score (nSPS) is 10.9. The minimum absolute atomic E-state index is 0.291. The van der Waals surface area contributed by atoms with Crippen LogP contribution in [0.1, 0.15) is 29.8 Å². The van der Waals surface area contributed by atoms with Gasteiger partial charge in [0.15, 0.2) is 6.10 Å². The van der Waals surface area contributed by atoms with Crippen molar-refractivity contribution in [2.45, 2.75) is 20.0 Å². The van der Waals surface area contributed by atoms with E-state index in [0.29, 0.717) is 29.2 Å². The number of anilines is 1. The minimum Gasteiger partial charge on any atom is -0.493 e. The zero-order chi connectivity index (χ0) is 21.2. The van der Waals surface area contributed by atoms with Gasteiger partial charge in [-0.25, -0.2) is 0 Å². The number of nitrogens with zero attached hydrogens (tertiary/aromatic N) is 1. The van der Waals surface area contributed by atoms with Crippen LogP contribution >= 0.6 is 0 Å². The Morgan fingerprint density at radius 3 is 2.52 bits per heavy atom. The van der Waals surface area contributed by atoms with Crippen molar-refractivity contribution in [1.29, 1.82) is 5.26 Å². The monoisotopic (exact) mass is 395 g/mol. The molecule has 29 heavy (non-hydrogen) atoms. The molecule has 8 heteroatoms. The Balaban J connectivity index is 1.88. The summed E-state index contributed by atoms with van der Waals surface area (Å²) in [6.07, 6.45) is -1.11. The van der Waals surface area contributed by atoms with Gasteiger partial charge in [-0.05, 0) is 38.1 Å². The number of ether oxygens (including phenoxy) is 2. The molecule has 0 aliphatic carbocycles. The molecule has 2 aromatic rings. The van der Waals surface area contributed by atoms with Gasteiger partial charge in [-0.15, -0.1) is 0 Å². The fourth-order valence-electron chi connectivity index (χ4n) is 2.40. The number of amides is 2. The molecule has 0 aliphatic rings. The van der Waals surface area contributed by atoms with Crippen molar-refractivity contribution < 1.29 is 23.9 Å². The second-order valence-corrected chi connectivity index (χ2v) is 5.89. The van der Waals surface area contributed by atoms with Gasteiger partial charge in [0, 0.05) is 0 Å². The van der Waals surface area contributed by atoms with Crippen molar-refractivity contribution in [3.05, 3.63) is 59.7 Å². The first-order chi connectivity index (χ1) is 14.0. The average molecular weight is 395 g/mol. The lowest BCUT2D eigenvalue weighted by Crippen LogP contribution is -2.36. The van der Waals surface area contributed by atoms with Gasteiger partial charge in [-0.2, -0.15) is 5.26 Å². The largest absolute Gasteiger partial charge is 0.493 e. The molecule has 0 heterocycles. The van der Waals surface area contributed by atoms with Crippen LogP contribution in [0.3, 0.4) is 0 Å². The van der Waals surface area contributed by atoms with Gasteiger partial charge in [0.2, 0.25) is 0 Å². The number of carbonyl (C=O) groups is 3. The molecule has 8 nitrogen and oxygen atoms in total. The summed E-state index contributed by atoms with van der Waals surface area (Å²) in [4.78, 5) is 36.4. The highest BCUT2D eigenvalue weighted by atomic mass is 16.5. The maximum atomic E-state index is 12.3. The van der Waals surface area contributed by atoms with Crippen LogP contribution in [0.2, 0.25) is 0 Å². The lowest BCUT2D eigenvalue weighted by atomic mass is 10.2. The van der Waals surface area contributed by atoms with Crippen molar-refractivity contribution in [3.8, 4) is 11.8 Å². The molecule has 0 unspecified atom stereocenters. The maximum Gasteiger partial charge on any atom is 0.326 e. The highest BCUT2D eigenvalue weighted by Gasteiger charge is 2.20. The second-order valence-electron chi connectivity index (χ2n) is 5.89. The van der Waals surface area contributed by atoms with Gasteiger partial charge >= 0.3 is 5.97 Å². The topological polar surface area (TPSA) is 118 Å². The van der Waals surface area contributed by atoms with Gasteiger partial charge in [0.25, 0.3) is 11.8 Å². The van der Waals surface area contributed by atoms with E-state index in [2.05, 4.69) is 10.6 Å². The van der Waals surface area contributed by atoms with Crippen LogP contribution in [0.4, 0.5) is 5.69 Å². The Hall–Kier alpha value is -3.86. The molecule has 2 rings (SSSR count). The zero-order valence-electron chi connectivity index (χ0n) is 16.1. The third-order valence-electron chi connectivity index (χ3n) is 3.81. The first-order valence-corrected chi connectivity index (χ1v) is 8.95. The predicted octanol–water partition coefficient (Wildman–Crippen LogP) is 2.26. The van der Waals surface area contributed by atoms with Crippen LogP contribution < -0.4 is 15.4 Å². The Kier molecular flexibility index (Phi) is 7.74. The predicted molar refractivity (Wildman–Crippen MR) is 105 cm³/mol. The van der Waals surface area contributed by atoms with Gasteiger partial charge in [0.1, 0.15) is 18.4 Å². The number of rotatable bonds is 8. The van der Waals surface area contributed by atoms with Gasteiger partial charge < -0.3 is 20.1 Å².